The van der Waals surface area contributed by atoms with Crippen molar-refractivity contribution in [2.24, 2.45) is 0 Å². The predicted molar refractivity (Wildman–Crippen MR) is 58.8 cm³/mol. The van der Waals surface area contributed by atoms with Crippen LogP contribution < -0.4 is 0 Å². The summed E-state index contributed by atoms with van der Waals surface area (Å²) in [6.45, 7) is 0. The highest BCUT2D eigenvalue weighted by Gasteiger charge is 1.97. The van der Waals surface area contributed by atoms with Crippen LogP contribution in [0.15, 0.2) is 48.5 Å². The largest absolute Gasteiger partial charge is 0.207 e. The molecular formula is C14H8F2. The molecule has 0 spiro atoms. The Morgan fingerprint density at radius 1 is 0.688 bits per heavy atom. The minimum Gasteiger partial charge on any atom is -0.207 e. The fraction of sp³-hybridized carbons (Fsp3) is 0. The molecule has 0 saturated heterocycles. The van der Waals surface area contributed by atoms with E-state index in [1.54, 1.807) is 0 Å². The molecule has 0 aliphatic rings. The zero-order chi connectivity index (χ0) is 11.4. The van der Waals surface area contributed by atoms with E-state index < -0.39 is 11.6 Å². The Labute approximate surface area is 92.5 Å². The van der Waals surface area contributed by atoms with Crippen LogP contribution in [0.4, 0.5) is 8.78 Å². The quantitative estimate of drug-likeness (QED) is 0.590. The van der Waals surface area contributed by atoms with Crippen LogP contribution in [0.5, 0.6) is 0 Å². The van der Waals surface area contributed by atoms with E-state index in [1.165, 1.54) is 12.1 Å². The lowest BCUT2D eigenvalue weighted by Gasteiger charge is -1.92. The van der Waals surface area contributed by atoms with Gasteiger partial charge in [-0.25, -0.2) is 8.78 Å². The van der Waals surface area contributed by atoms with Gasteiger partial charge < -0.3 is 0 Å². The van der Waals surface area contributed by atoms with E-state index in [2.05, 4.69) is 11.8 Å². The SMILES string of the molecule is Fc1cc(F)cc(C#Cc2ccccc2)c1. The first-order chi connectivity index (χ1) is 7.74. The third-order valence-corrected chi connectivity index (χ3v) is 1.99. The van der Waals surface area contributed by atoms with E-state index in [9.17, 15) is 8.78 Å². The van der Waals surface area contributed by atoms with Crippen LogP contribution in [0.2, 0.25) is 0 Å². The summed E-state index contributed by atoms with van der Waals surface area (Å²) in [5.74, 6) is 4.32. The van der Waals surface area contributed by atoms with Gasteiger partial charge in [0.25, 0.3) is 0 Å². The molecule has 0 aliphatic carbocycles. The zero-order valence-electron chi connectivity index (χ0n) is 8.37. The van der Waals surface area contributed by atoms with Crippen molar-refractivity contribution in [2.75, 3.05) is 0 Å². The number of halogens is 2. The molecule has 0 bridgehead atoms. The fourth-order valence-corrected chi connectivity index (χ4v) is 1.29. The van der Waals surface area contributed by atoms with E-state index in [1.807, 2.05) is 30.3 Å². The van der Waals surface area contributed by atoms with Gasteiger partial charge in [-0.3, -0.25) is 0 Å². The van der Waals surface area contributed by atoms with Crippen molar-refractivity contribution in [1.29, 1.82) is 0 Å². The van der Waals surface area contributed by atoms with Gasteiger partial charge >= 0.3 is 0 Å². The second-order valence-corrected chi connectivity index (χ2v) is 3.27. The van der Waals surface area contributed by atoms with Crippen LogP contribution in [0.1, 0.15) is 11.1 Å². The van der Waals surface area contributed by atoms with Crippen molar-refractivity contribution in [1.82, 2.24) is 0 Å². The standard InChI is InChI=1S/C14H8F2/c15-13-8-12(9-14(16)10-13)7-6-11-4-2-1-3-5-11/h1-5,8-10H. The third-order valence-electron chi connectivity index (χ3n) is 1.99. The average Bonchev–Trinajstić information content (AvgIpc) is 2.27. The Morgan fingerprint density at radius 3 is 1.88 bits per heavy atom. The Kier molecular flexibility index (Phi) is 2.98. The van der Waals surface area contributed by atoms with Gasteiger partial charge in [-0.05, 0) is 24.3 Å². The summed E-state index contributed by atoms with van der Waals surface area (Å²) in [5, 5.41) is 0. The molecular weight excluding hydrogens is 206 g/mol. The van der Waals surface area contributed by atoms with Crippen molar-refractivity contribution < 1.29 is 8.78 Å². The van der Waals surface area contributed by atoms with Gasteiger partial charge in [-0.1, -0.05) is 30.0 Å². The molecule has 2 aromatic rings. The van der Waals surface area contributed by atoms with E-state index in [0.717, 1.165) is 11.6 Å². The summed E-state index contributed by atoms with van der Waals surface area (Å²) in [7, 11) is 0. The van der Waals surface area contributed by atoms with Crippen LogP contribution >= 0.6 is 0 Å². The Bertz CT molecular complexity index is 528. The summed E-state index contributed by atoms with van der Waals surface area (Å²) in [5.41, 5.74) is 1.15. The highest BCUT2D eigenvalue weighted by atomic mass is 19.1. The molecule has 0 aliphatic heterocycles. The van der Waals surface area contributed by atoms with Crippen LogP contribution in [-0.2, 0) is 0 Å². The lowest BCUT2D eigenvalue weighted by molar-refractivity contribution is 0.582. The Hall–Kier alpha value is -2.14. The molecule has 0 nitrogen and oxygen atoms in total. The van der Waals surface area contributed by atoms with Gasteiger partial charge in [0, 0.05) is 17.2 Å². The summed E-state index contributed by atoms with van der Waals surface area (Å²) >= 11 is 0. The van der Waals surface area contributed by atoms with Crippen molar-refractivity contribution in [3.8, 4) is 11.8 Å². The van der Waals surface area contributed by atoms with E-state index in [-0.39, 0.29) is 0 Å². The van der Waals surface area contributed by atoms with Gasteiger partial charge in [0.1, 0.15) is 11.6 Å². The van der Waals surface area contributed by atoms with Crippen molar-refractivity contribution in [3.05, 3.63) is 71.3 Å². The van der Waals surface area contributed by atoms with E-state index >= 15 is 0 Å². The van der Waals surface area contributed by atoms with Crippen molar-refractivity contribution in [2.45, 2.75) is 0 Å². The highest BCUT2D eigenvalue weighted by molar-refractivity contribution is 5.42. The predicted octanol–water partition coefficient (Wildman–Crippen LogP) is 3.36. The summed E-state index contributed by atoms with van der Waals surface area (Å²) in [4.78, 5) is 0. The molecule has 0 saturated carbocycles. The molecule has 2 heteroatoms. The summed E-state index contributed by atoms with van der Waals surface area (Å²) < 4.78 is 25.7. The molecule has 0 fully saturated rings. The number of benzene rings is 2. The maximum absolute atomic E-state index is 12.8. The lowest BCUT2D eigenvalue weighted by atomic mass is 10.2. The second kappa shape index (κ2) is 4.59. The van der Waals surface area contributed by atoms with Crippen LogP contribution in [0.25, 0.3) is 0 Å². The topological polar surface area (TPSA) is 0 Å². The Morgan fingerprint density at radius 2 is 1.25 bits per heavy atom. The minimum absolute atomic E-state index is 0.335. The fourth-order valence-electron chi connectivity index (χ4n) is 1.29. The van der Waals surface area contributed by atoms with Gasteiger partial charge in [-0.15, -0.1) is 0 Å². The molecule has 2 aromatic carbocycles. The molecule has 0 N–H and O–H groups in total. The summed E-state index contributed by atoms with van der Waals surface area (Å²) in [6.07, 6.45) is 0. The molecule has 0 radical (unpaired) electrons. The van der Waals surface area contributed by atoms with Gasteiger partial charge in [0.15, 0.2) is 0 Å². The van der Waals surface area contributed by atoms with Crippen LogP contribution in [0, 0.1) is 23.5 Å². The number of rotatable bonds is 0. The average molecular weight is 214 g/mol. The molecule has 2 rings (SSSR count). The molecule has 0 unspecified atom stereocenters. The first kappa shape index (κ1) is 10.4. The van der Waals surface area contributed by atoms with Gasteiger partial charge in [0.2, 0.25) is 0 Å². The molecule has 0 atom stereocenters. The van der Waals surface area contributed by atoms with Crippen LogP contribution in [-0.4, -0.2) is 0 Å². The first-order valence-electron chi connectivity index (χ1n) is 4.77. The van der Waals surface area contributed by atoms with E-state index in [0.29, 0.717) is 5.56 Å². The smallest absolute Gasteiger partial charge is 0.127 e. The molecule has 0 amide bonds. The molecule has 16 heavy (non-hydrogen) atoms. The maximum Gasteiger partial charge on any atom is 0.127 e. The summed E-state index contributed by atoms with van der Waals surface area (Å²) in [6, 6.07) is 12.5. The minimum atomic E-state index is -0.614. The zero-order valence-corrected chi connectivity index (χ0v) is 8.37. The lowest BCUT2D eigenvalue weighted by Crippen LogP contribution is -1.83. The van der Waals surface area contributed by atoms with Crippen molar-refractivity contribution >= 4 is 0 Å². The van der Waals surface area contributed by atoms with Gasteiger partial charge in [-0.2, -0.15) is 0 Å². The molecule has 78 valence electrons. The number of hydrogen-bond acceptors (Lipinski definition) is 0. The second-order valence-electron chi connectivity index (χ2n) is 3.27. The van der Waals surface area contributed by atoms with Crippen LogP contribution in [0.3, 0.4) is 0 Å². The van der Waals surface area contributed by atoms with E-state index in [4.69, 9.17) is 0 Å². The first-order valence-corrected chi connectivity index (χ1v) is 4.77. The third kappa shape index (κ3) is 2.68. The Balaban J connectivity index is 2.31. The maximum atomic E-state index is 12.8. The van der Waals surface area contributed by atoms with Gasteiger partial charge in [0.05, 0.1) is 0 Å². The monoisotopic (exact) mass is 214 g/mol. The normalized spacial score (nSPS) is 9.38. The molecule has 0 heterocycles. The highest BCUT2D eigenvalue weighted by Crippen LogP contribution is 2.06. The number of hydrogen-bond donors (Lipinski definition) is 0. The van der Waals surface area contributed by atoms with Crippen molar-refractivity contribution in [3.63, 3.8) is 0 Å². The molecule has 0 aromatic heterocycles.